The Bertz CT molecular complexity index is 2310. The molecule has 54 heavy (non-hydrogen) atoms. The van der Waals surface area contributed by atoms with Crippen LogP contribution in [0, 0.1) is 30.5 Å². The molecule has 0 spiro atoms. The van der Waals surface area contributed by atoms with Crippen molar-refractivity contribution in [2.75, 3.05) is 37.0 Å². The largest absolute Gasteiger partial charge is 0.464 e. The molecule has 1 fully saturated rings. The number of carbonyl (C=O) groups is 3. The molecule has 4 aromatic rings. The second-order valence-electron chi connectivity index (χ2n) is 13.6. The minimum atomic E-state index is -1.29. The second kappa shape index (κ2) is 13.7. The molecule has 10 heteroatoms. The third kappa shape index (κ3) is 5.37. The molecular weight excluding hydrogens is 684 g/mol. The summed E-state index contributed by atoms with van der Waals surface area (Å²) in [4.78, 5) is 45.9. The summed E-state index contributed by atoms with van der Waals surface area (Å²) in [5.74, 6) is 4.83. The molecular formula is C44H39FN4O5. The van der Waals surface area contributed by atoms with E-state index in [9.17, 15) is 18.8 Å². The number of terminal acetylenes is 2. The minimum Gasteiger partial charge on any atom is -0.464 e. The summed E-state index contributed by atoms with van der Waals surface area (Å²) in [5.41, 5.74) is 2.65. The van der Waals surface area contributed by atoms with E-state index in [4.69, 9.17) is 22.3 Å². The summed E-state index contributed by atoms with van der Waals surface area (Å²) in [6.07, 6.45) is 12.7. The third-order valence-electron chi connectivity index (χ3n) is 10.7. The van der Waals surface area contributed by atoms with Crippen molar-refractivity contribution < 1.29 is 28.2 Å². The van der Waals surface area contributed by atoms with Gasteiger partial charge in [-0.05, 0) is 63.2 Å². The molecule has 3 amide bonds. The zero-order valence-electron chi connectivity index (χ0n) is 30.7. The van der Waals surface area contributed by atoms with Gasteiger partial charge in [-0.1, -0.05) is 60.4 Å². The van der Waals surface area contributed by atoms with E-state index in [-0.39, 0.29) is 23.5 Å². The highest BCUT2D eigenvalue weighted by atomic mass is 19.1. The van der Waals surface area contributed by atoms with E-state index in [1.807, 2.05) is 66.4 Å². The Hall–Kier alpha value is -6.20. The van der Waals surface area contributed by atoms with Crippen molar-refractivity contribution in [3.8, 4) is 24.7 Å². The highest BCUT2D eigenvalue weighted by Gasteiger charge is 2.56. The van der Waals surface area contributed by atoms with Gasteiger partial charge < -0.3 is 19.3 Å². The lowest BCUT2D eigenvalue weighted by atomic mass is 9.88. The van der Waals surface area contributed by atoms with Crippen LogP contribution in [0.25, 0.3) is 0 Å². The van der Waals surface area contributed by atoms with Gasteiger partial charge in [0.2, 0.25) is 17.5 Å². The number of anilines is 2. The Labute approximate surface area is 314 Å². The van der Waals surface area contributed by atoms with Crippen LogP contribution in [0.5, 0.6) is 0 Å². The standard InChI is InChI=1S/C23H20N2O3.C21H19FN2O2/c1-5-17-11-12-20-19(14-17)23(18-9-7-6-8-10-18)25(16(3)22(27)24(20)4)21(26)13-15(2)28-23;1-4-15-9-10-19-17(13-15)21(16-7-5-6-8-18(16)22)24(11-12-26-21)14(2)20(25)23(19)3/h1,6-14,16H,2-4H3;1,5-10,13-14H,11-12H2,2-3H3. The molecule has 4 aliphatic heterocycles. The molecule has 4 unspecified atom stereocenters. The number of benzene rings is 4. The lowest BCUT2D eigenvalue weighted by Gasteiger charge is -2.47. The molecule has 0 radical (unpaired) electrons. The lowest BCUT2D eigenvalue weighted by molar-refractivity contribution is -0.169. The number of hydrogen-bond acceptors (Lipinski definition) is 6. The normalized spacial score (nSPS) is 24.6. The first kappa shape index (κ1) is 36.2. The van der Waals surface area contributed by atoms with E-state index in [1.165, 1.54) is 17.0 Å². The first-order valence-corrected chi connectivity index (χ1v) is 17.6. The predicted molar refractivity (Wildman–Crippen MR) is 203 cm³/mol. The summed E-state index contributed by atoms with van der Waals surface area (Å²) in [7, 11) is 3.43. The van der Waals surface area contributed by atoms with Crippen molar-refractivity contribution >= 4 is 29.1 Å². The van der Waals surface area contributed by atoms with Gasteiger partial charge in [0.1, 0.15) is 17.6 Å². The molecule has 9 nitrogen and oxygen atoms in total. The van der Waals surface area contributed by atoms with Crippen molar-refractivity contribution in [2.24, 2.45) is 0 Å². The number of likely N-dealkylation sites (N-methyl/N-ethyl adjacent to an activating group) is 2. The zero-order chi connectivity index (χ0) is 38.5. The molecule has 272 valence electrons. The molecule has 0 bridgehead atoms. The van der Waals surface area contributed by atoms with Gasteiger partial charge in [-0.3, -0.25) is 24.2 Å². The number of carbonyl (C=O) groups excluding carboxylic acids is 3. The van der Waals surface area contributed by atoms with Gasteiger partial charge in [-0.25, -0.2) is 4.39 Å². The number of ether oxygens (including phenoxy) is 2. The van der Waals surface area contributed by atoms with Crippen molar-refractivity contribution in [2.45, 2.75) is 44.3 Å². The fraction of sp³-hybridized carbons (Fsp3) is 0.250. The molecule has 4 heterocycles. The van der Waals surface area contributed by atoms with Crippen LogP contribution >= 0.6 is 0 Å². The summed E-state index contributed by atoms with van der Waals surface area (Å²) >= 11 is 0. The Balaban J connectivity index is 0.000000167. The summed E-state index contributed by atoms with van der Waals surface area (Å²) in [6.45, 7) is 6.22. The number of fused-ring (bicyclic) bond motifs is 6. The molecule has 0 N–H and O–H groups in total. The summed E-state index contributed by atoms with van der Waals surface area (Å²) < 4.78 is 27.5. The van der Waals surface area contributed by atoms with Gasteiger partial charge in [0.05, 0.1) is 24.0 Å². The molecule has 0 aromatic heterocycles. The molecule has 1 saturated heterocycles. The van der Waals surface area contributed by atoms with Crippen LogP contribution in [0.15, 0.2) is 103 Å². The smallest absolute Gasteiger partial charge is 0.254 e. The Morgan fingerprint density at radius 1 is 0.741 bits per heavy atom. The molecule has 8 rings (SSSR count). The van der Waals surface area contributed by atoms with Gasteiger partial charge in [0.15, 0.2) is 5.72 Å². The molecule has 0 aliphatic carbocycles. The van der Waals surface area contributed by atoms with Crippen LogP contribution in [0.4, 0.5) is 15.8 Å². The number of hydrogen-bond donors (Lipinski definition) is 0. The van der Waals surface area contributed by atoms with Crippen LogP contribution in [0.3, 0.4) is 0 Å². The highest BCUT2D eigenvalue weighted by Crippen LogP contribution is 2.50. The Morgan fingerprint density at radius 2 is 1.30 bits per heavy atom. The minimum absolute atomic E-state index is 0.0663. The molecule has 4 atom stereocenters. The van der Waals surface area contributed by atoms with E-state index in [1.54, 1.807) is 68.1 Å². The number of halogens is 1. The average molecular weight is 723 g/mol. The van der Waals surface area contributed by atoms with Gasteiger partial charge in [-0.15, -0.1) is 12.8 Å². The number of allylic oxidation sites excluding steroid dienone is 1. The van der Waals surface area contributed by atoms with E-state index in [0.29, 0.717) is 58.1 Å². The Morgan fingerprint density at radius 3 is 1.89 bits per heavy atom. The fourth-order valence-electron chi connectivity index (χ4n) is 8.14. The summed E-state index contributed by atoms with van der Waals surface area (Å²) in [6, 6.07) is 25.6. The van der Waals surface area contributed by atoms with E-state index < -0.39 is 23.5 Å². The van der Waals surface area contributed by atoms with E-state index >= 15 is 0 Å². The van der Waals surface area contributed by atoms with Gasteiger partial charge in [0, 0.05) is 60.1 Å². The van der Waals surface area contributed by atoms with Crippen molar-refractivity contribution in [3.63, 3.8) is 0 Å². The maximum Gasteiger partial charge on any atom is 0.254 e. The van der Waals surface area contributed by atoms with Gasteiger partial charge in [-0.2, -0.15) is 0 Å². The zero-order valence-corrected chi connectivity index (χ0v) is 30.7. The van der Waals surface area contributed by atoms with E-state index in [0.717, 1.165) is 5.56 Å². The quantitative estimate of drug-likeness (QED) is 0.247. The maximum absolute atomic E-state index is 14.9. The van der Waals surface area contributed by atoms with Crippen LogP contribution in [0.1, 0.15) is 54.2 Å². The van der Waals surface area contributed by atoms with Crippen LogP contribution in [0.2, 0.25) is 0 Å². The van der Waals surface area contributed by atoms with E-state index in [2.05, 4.69) is 11.8 Å². The average Bonchev–Trinajstić information content (AvgIpc) is 3.60. The predicted octanol–water partition coefficient (Wildman–Crippen LogP) is 5.70. The Kier molecular flexibility index (Phi) is 9.14. The first-order chi connectivity index (χ1) is 25.9. The maximum atomic E-state index is 14.9. The number of rotatable bonds is 2. The van der Waals surface area contributed by atoms with Crippen LogP contribution in [-0.2, 0) is 35.3 Å². The van der Waals surface area contributed by atoms with Crippen LogP contribution in [-0.4, -0.2) is 66.9 Å². The SMILES string of the molecule is C#Cc1ccc2c(c1)C1(c3ccccc3)OC(C)=CC(=O)N1C(C)C(=O)N2C.C#Cc1ccc2c(c1)C1(c3ccccc3F)OCCN1C(C)C(=O)N2C. The lowest BCUT2D eigenvalue weighted by Crippen LogP contribution is -2.58. The van der Waals surface area contributed by atoms with Gasteiger partial charge in [0.25, 0.3) is 5.91 Å². The first-order valence-electron chi connectivity index (χ1n) is 17.6. The van der Waals surface area contributed by atoms with Gasteiger partial charge >= 0.3 is 0 Å². The van der Waals surface area contributed by atoms with Crippen molar-refractivity contribution in [3.05, 3.63) is 142 Å². The summed E-state index contributed by atoms with van der Waals surface area (Å²) in [5, 5.41) is 0. The third-order valence-corrected chi connectivity index (χ3v) is 10.7. The topological polar surface area (TPSA) is 82.6 Å². The van der Waals surface area contributed by atoms with Crippen molar-refractivity contribution in [1.29, 1.82) is 0 Å². The highest BCUT2D eigenvalue weighted by molar-refractivity contribution is 6.03. The molecule has 4 aliphatic rings. The van der Waals surface area contributed by atoms with Crippen molar-refractivity contribution in [1.82, 2.24) is 9.80 Å². The molecule has 0 saturated carbocycles. The second-order valence-corrected chi connectivity index (χ2v) is 13.6. The van der Waals surface area contributed by atoms with Crippen LogP contribution < -0.4 is 9.80 Å². The monoisotopic (exact) mass is 722 g/mol. The number of amides is 3. The molecule has 4 aromatic carbocycles. The fourth-order valence-corrected chi connectivity index (χ4v) is 8.14. The number of nitrogens with zero attached hydrogens (tertiary/aromatic N) is 4.